The molecule has 0 radical (unpaired) electrons. The maximum Gasteiger partial charge on any atom is 0.354 e. The summed E-state index contributed by atoms with van der Waals surface area (Å²) in [5, 5.41) is 9.30. The molecule has 1 heterocycles. The summed E-state index contributed by atoms with van der Waals surface area (Å²) >= 11 is 7.13. The maximum atomic E-state index is 13.5. The van der Waals surface area contributed by atoms with Gasteiger partial charge in [0.2, 0.25) is 0 Å². The van der Waals surface area contributed by atoms with Gasteiger partial charge in [-0.1, -0.05) is 11.6 Å². The molecule has 0 aliphatic heterocycles. The van der Waals surface area contributed by atoms with Gasteiger partial charge in [-0.25, -0.2) is 14.2 Å². The fraction of sp³-hybridized carbons (Fsp3) is 0.0769. The van der Waals surface area contributed by atoms with Crippen molar-refractivity contribution in [3.8, 4) is 0 Å². The van der Waals surface area contributed by atoms with Crippen LogP contribution in [0, 0.1) is 5.82 Å². The molecule has 0 atom stereocenters. The Hall–Kier alpha value is -1.59. The van der Waals surface area contributed by atoms with Crippen molar-refractivity contribution in [3.63, 3.8) is 0 Å². The van der Waals surface area contributed by atoms with Crippen molar-refractivity contribution >= 4 is 29.3 Å². The minimum atomic E-state index is -1.09. The highest BCUT2D eigenvalue weighted by atomic mass is 35.5. The molecule has 0 saturated carbocycles. The molecule has 0 bridgehead atoms. The normalized spacial score (nSPS) is 10.4. The van der Waals surface area contributed by atoms with Gasteiger partial charge in [0.25, 0.3) is 0 Å². The van der Waals surface area contributed by atoms with Gasteiger partial charge in [-0.3, -0.25) is 0 Å². The average molecular weight is 298 g/mol. The molecule has 1 aromatic heterocycles. The van der Waals surface area contributed by atoms with Gasteiger partial charge in [0.15, 0.2) is 0 Å². The molecule has 98 valence electrons. The van der Waals surface area contributed by atoms with E-state index in [0.29, 0.717) is 21.2 Å². The lowest BCUT2D eigenvalue weighted by Gasteiger charge is -2.04. The van der Waals surface area contributed by atoms with E-state index in [0.717, 1.165) is 0 Å². The van der Waals surface area contributed by atoms with Gasteiger partial charge >= 0.3 is 5.97 Å². The molecule has 1 aromatic carbocycles. The van der Waals surface area contributed by atoms with Gasteiger partial charge < -0.3 is 5.11 Å². The number of aromatic nitrogens is 1. The summed E-state index contributed by atoms with van der Waals surface area (Å²) in [6.07, 6.45) is 1.42. The lowest BCUT2D eigenvalue weighted by molar-refractivity contribution is 0.0690. The Morgan fingerprint density at radius 2 is 2.16 bits per heavy atom. The fourth-order valence-electron chi connectivity index (χ4n) is 1.43. The molecular formula is C13H9ClFNO2S. The second-order valence-corrected chi connectivity index (χ2v) is 5.19. The van der Waals surface area contributed by atoms with E-state index >= 15 is 0 Å². The van der Waals surface area contributed by atoms with Gasteiger partial charge in [-0.05, 0) is 35.9 Å². The third-order valence-electron chi connectivity index (χ3n) is 2.35. The zero-order chi connectivity index (χ0) is 13.8. The number of carboxylic acids is 1. The average Bonchev–Trinajstić information content (AvgIpc) is 2.40. The van der Waals surface area contributed by atoms with E-state index < -0.39 is 5.97 Å². The number of thioether (sulfide) groups is 1. The highest BCUT2D eigenvalue weighted by Crippen LogP contribution is 2.25. The van der Waals surface area contributed by atoms with Crippen LogP contribution in [0.3, 0.4) is 0 Å². The van der Waals surface area contributed by atoms with Crippen LogP contribution in [0.4, 0.5) is 4.39 Å². The first-order valence-corrected chi connectivity index (χ1v) is 6.68. The van der Waals surface area contributed by atoms with Crippen LogP contribution in [0.25, 0.3) is 0 Å². The summed E-state index contributed by atoms with van der Waals surface area (Å²) in [6, 6.07) is 7.49. The van der Waals surface area contributed by atoms with Crippen molar-refractivity contribution in [2.75, 3.05) is 0 Å². The Kier molecular flexibility index (Phi) is 4.39. The minimum absolute atomic E-state index is 0.0310. The van der Waals surface area contributed by atoms with E-state index in [4.69, 9.17) is 16.7 Å². The van der Waals surface area contributed by atoms with Crippen LogP contribution in [0.2, 0.25) is 5.02 Å². The van der Waals surface area contributed by atoms with Crippen LogP contribution < -0.4 is 0 Å². The van der Waals surface area contributed by atoms with Gasteiger partial charge in [0.1, 0.15) is 11.5 Å². The van der Waals surface area contributed by atoms with Crippen LogP contribution in [0.15, 0.2) is 41.4 Å². The SMILES string of the molecule is O=C(O)c1cc(SCc2cc(Cl)ccc2F)ccn1. The number of rotatable bonds is 4. The topological polar surface area (TPSA) is 50.2 Å². The van der Waals surface area contributed by atoms with Crippen LogP contribution in [-0.2, 0) is 5.75 Å². The number of hydrogen-bond acceptors (Lipinski definition) is 3. The van der Waals surface area contributed by atoms with E-state index in [9.17, 15) is 9.18 Å². The number of carbonyl (C=O) groups is 1. The first-order chi connectivity index (χ1) is 9.06. The second-order valence-electron chi connectivity index (χ2n) is 3.71. The van der Waals surface area contributed by atoms with E-state index in [1.54, 1.807) is 12.1 Å². The number of hydrogen-bond donors (Lipinski definition) is 1. The zero-order valence-corrected chi connectivity index (χ0v) is 11.2. The Morgan fingerprint density at radius 1 is 1.37 bits per heavy atom. The zero-order valence-electron chi connectivity index (χ0n) is 9.64. The lowest BCUT2D eigenvalue weighted by atomic mass is 10.2. The van der Waals surface area contributed by atoms with Gasteiger partial charge in [-0.2, -0.15) is 0 Å². The molecule has 0 saturated heterocycles. The van der Waals surface area contributed by atoms with E-state index in [1.165, 1.54) is 36.2 Å². The minimum Gasteiger partial charge on any atom is -0.477 e. The largest absolute Gasteiger partial charge is 0.477 e. The van der Waals surface area contributed by atoms with Crippen molar-refractivity contribution in [3.05, 3.63) is 58.6 Å². The molecule has 2 rings (SSSR count). The van der Waals surface area contributed by atoms with Gasteiger partial charge in [0, 0.05) is 21.9 Å². The molecule has 0 spiro atoms. The summed E-state index contributed by atoms with van der Waals surface area (Å²) in [6.45, 7) is 0. The first-order valence-electron chi connectivity index (χ1n) is 5.32. The number of carboxylic acid groups (broad SMARTS) is 1. The van der Waals surface area contributed by atoms with E-state index in [1.807, 2.05) is 0 Å². The van der Waals surface area contributed by atoms with Crippen molar-refractivity contribution in [1.29, 1.82) is 0 Å². The number of pyridine rings is 1. The summed E-state index contributed by atoms with van der Waals surface area (Å²) in [5.74, 6) is -1.05. The number of benzene rings is 1. The van der Waals surface area contributed by atoms with Gasteiger partial charge in [-0.15, -0.1) is 11.8 Å². The van der Waals surface area contributed by atoms with Crippen LogP contribution >= 0.6 is 23.4 Å². The third kappa shape index (κ3) is 3.68. The number of halogens is 2. The number of aromatic carboxylic acids is 1. The quantitative estimate of drug-likeness (QED) is 0.871. The molecule has 0 aliphatic carbocycles. The smallest absolute Gasteiger partial charge is 0.354 e. The monoisotopic (exact) mass is 297 g/mol. The molecule has 3 nitrogen and oxygen atoms in total. The molecule has 0 amide bonds. The molecule has 0 unspecified atom stereocenters. The Labute approximate surface area is 118 Å². The standard InChI is InChI=1S/C13H9ClFNO2S/c14-9-1-2-11(15)8(5-9)7-19-10-3-4-16-12(6-10)13(17)18/h1-6H,7H2,(H,17,18). The highest BCUT2D eigenvalue weighted by Gasteiger charge is 2.07. The lowest BCUT2D eigenvalue weighted by Crippen LogP contribution is -1.99. The summed E-state index contributed by atoms with van der Waals surface area (Å²) in [4.78, 5) is 15.2. The van der Waals surface area contributed by atoms with Crippen molar-refractivity contribution < 1.29 is 14.3 Å². The molecular weight excluding hydrogens is 289 g/mol. The Morgan fingerprint density at radius 3 is 2.89 bits per heavy atom. The predicted molar refractivity (Wildman–Crippen MR) is 72.2 cm³/mol. The summed E-state index contributed by atoms with van der Waals surface area (Å²) in [5.41, 5.74) is 0.447. The maximum absolute atomic E-state index is 13.5. The fourth-order valence-corrected chi connectivity index (χ4v) is 2.52. The third-order valence-corrected chi connectivity index (χ3v) is 3.63. The predicted octanol–water partition coefficient (Wildman–Crippen LogP) is 3.86. The molecule has 6 heteroatoms. The molecule has 0 fully saturated rings. The second kappa shape index (κ2) is 6.04. The Balaban J connectivity index is 2.12. The molecule has 1 N–H and O–H groups in total. The van der Waals surface area contributed by atoms with E-state index in [-0.39, 0.29) is 11.5 Å². The summed E-state index contributed by atoms with van der Waals surface area (Å²) < 4.78 is 13.5. The van der Waals surface area contributed by atoms with Gasteiger partial charge in [0.05, 0.1) is 0 Å². The Bertz CT molecular complexity index is 621. The first kappa shape index (κ1) is 13.8. The molecule has 2 aromatic rings. The van der Waals surface area contributed by atoms with Crippen LogP contribution in [-0.4, -0.2) is 16.1 Å². The number of nitrogens with zero attached hydrogens (tertiary/aromatic N) is 1. The molecule has 0 aliphatic rings. The summed E-state index contributed by atoms with van der Waals surface area (Å²) in [7, 11) is 0. The highest BCUT2D eigenvalue weighted by molar-refractivity contribution is 7.98. The van der Waals surface area contributed by atoms with Crippen LogP contribution in [0.1, 0.15) is 16.1 Å². The molecule has 19 heavy (non-hydrogen) atoms. The van der Waals surface area contributed by atoms with Crippen molar-refractivity contribution in [1.82, 2.24) is 4.98 Å². The van der Waals surface area contributed by atoms with Crippen molar-refractivity contribution in [2.45, 2.75) is 10.6 Å². The van der Waals surface area contributed by atoms with Crippen molar-refractivity contribution in [2.24, 2.45) is 0 Å². The van der Waals surface area contributed by atoms with E-state index in [2.05, 4.69) is 4.98 Å². The van der Waals surface area contributed by atoms with Crippen LogP contribution in [0.5, 0.6) is 0 Å².